The van der Waals surface area contributed by atoms with Gasteiger partial charge in [0.05, 0.1) is 0 Å². The molecule has 90 valence electrons. The monoisotopic (exact) mass is 213 g/mol. The van der Waals surface area contributed by atoms with Crippen LogP contribution in [0.1, 0.15) is 32.6 Å². The van der Waals surface area contributed by atoms with Crippen LogP contribution >= 0.6 is 0 Å². The first-order chi connectivity index (χ1) is 7.19. The van der Waals surface area contributed by atoms with Gasteiger partial charge in [-0.05, 0) is 39.9 Å². The molecule has 1 fully saturated rings. The van der Waals surface area contributed by atoms with Crippen LogP contribution in [0, 0.1) is 0 Å². The van der Waals surface area contributed by atoms with E-state index in [0.29, 0.717) is 12.1 Å². The van der Waals surface area contributed by atoms with E-state index < -0.39 is 0 Å². The normalized spacial score (nSPS) is 25.8. The highest BCUT2D eigenvalue weighted by Crippen LogP contribution is 2.17. The highest BCUT2D eigenvalue weighted by Gasteiger charge is 2.24. The van der Waals surface area contributed by atoms with E-state index in [1.165, 1.54) is 38.8 Å². The second-order valence-electron chi connectivity index (χ2n) is 4.90. The average Bonchev–Trinajstić information content (AvgIpc) is 2.25. The van der Waals surface area contributed by atoms with Crippen molar-refractivity contribution < 1.29 is 0 Å². The van der Waals surface area contributed by atoms with E-state index in [1.54, 1.807) is 0 Å². The third-order valence-electron chi connectivity index (χ3n) is 3.65. The van der Waals surface area contributed by atoms with Crippen LogP contribution in [0.2, 0.25) is 0 Å². The number of hydrogen-bond donors (Lipinski definition) is 1. The Labute approximate surface area is 94.6 Å². The van der Waals surface area contributed by atoms with Gasteiger partial charge in [-0.15, -0.1) is 0 Å². The van der Waals surface area contributed by atoms with Gasteiger partial charge in [0.15, 0.2) is 0 Å². The average molecular weight is 213 g/mol. The van der Waals surface area contributed by atoms with E-state index in [2.05, 4.69) is 30.8 Å². The van der Waals surface area contributed by atoms with Crippen LogP contribution in [0.15, 0.2) is 0 Å². The van der Waals surface area contributed by atoms with E-state index in [-0.39, 0.29) is 0 Å². The molecule has 0 aromatic heterocycles. The summed E-state index contributed by atoms with van der Waals surface area (Å²) < 4.78 is 0. The molecule has 0 saturated carbocycles. The first-order valence-corrected chi connectivity index (χ1v) is 6.29. The van der Waals surface area contributed by atoms with Crippen molar-refractivity contribution in [3.63, 3.8) is 0 Å². The molecule has 0 spiro atoms. The largest absolute Gasteiger partial charge is 0.329 e. The summed E-state index contributed by atoms with van der Waals surface area (Å²) >= 11 is 0. The van der Waals surface area contributed by atoms with Crippen molar-refractivity contribution in [3.05, 3.63) is 0 Å². The lowest BCUT2D eigenvalue weighted by atomic mass is 10.0. The molecule has 0 radical (unpaired) electrons. The minimum Gasteiger partial charge on any atom is -0.329 e. The quantitative estimate of drug-likeness (QED) is 0.743. The zero-order valence-electron chi connectivity index (χ0n) is 10.6. The van der Waals surface area contributed by atoms with Gasteiger partial charge in [0.2, 0.25) is 0 Å². The molecular weight excluding hydrogens is 186 g/mol. The van der Waals surface area contributed by atoms with Crippen LogP contribution in [0.25, 0.3) is 0 Å². The van der Waals surface area contributed by atoms with Gasteiger partial charge in [-0.25, -0.2) is 0 Å². The van der Waals surface area contributed by atoms with Crippen LogP contribution in [0.4, 0.5) is 0 Å². The zero-order valence-corrected chi connectivity index (χ0v) is 10.6. The van der Waals surface area contributed by atoms with Crippen LogP contribution in [0.5, 0.6) is 0 Å². The summed E-state index contributed by atoms with van der Waals surface area (Å²) in [5.74, 6) is 0. The van der Waals surface area contributed by atoms with Gasteiger partial charge in [-0.1, -0.05) is 13.3 Å². The molecule has 1 aliphatic heterocycles. The molecule has 2 unspecified atom stereocenters. The molecule has 2 atom stereocenters. The van der Waals surface area contributed by atoms with Crippen molar-refractivity contribution in [1.29, 1.82) is 0 Å². The number of rotatable bonds is 5. The van der Waals surface area contributed by atoms with E-state index in [9.17, 15) is 0 Å². The van der Waals surface area contributed by atoms with Gasteiger partial charge in [-0.2, -0.15) is 0 Å². The third-order valence-corrected chi connectivity index (χ3v) is 3.65. The molecule has 0 aromatic carbocycles. The van der Waals surface area contributed by atoms with Gasteiger partial charge >= 0.3 is 0 Å². The lowest BCUT2D eigenvalue weighted by molar-refractivity contribution is 0.0971. The first kappa shape index (κ1) is 12.9. The van der Waals surface area contributed by atoms with Crippen molar-refractivity contribution in [2.24, 2.45) is 5.73 Å². The van der Waals surface area contributed by atoms with Gasteiger partial charge in [-0.3, -0.25) is 4.90 Å². The topological polar surface area (TPSA) is 32.5 Å². The fourth-order valence-corrected chi connectivity index (χ4v) is 2.59. The van der Waals surface area contributed by atoms with E-state index >= 15 is 0 Å². The molecular formula is C12H27N3. The van der Waals surface area contributed by atoms with Crippen molar-refractivity contribution in [2.45, 2.75) is 44.7 Å². The zero-order chi connectivity index (χ0) is 11.3. The number of piperidine rings is 1. The Morgan fingerprint density at radius 1 is 1.53 bits per heavy atom. The minimum absolute atomic E-state index is 0.575. The van der Waals surface area contributed by atoms with Crippen LogP contribution in [0.3, 0.4) is 0 Å². The van der Waals surface area contributed by atoms with Gasteiger partial charge in [0, 0.05) is 25.2 Å². The summed E-state index contributed by atoms with van der Waals surface area (Å²) in [6.45, 7) is 5.50. The Bertz CT molecular complexity index is 172. The van der Waals surface area contributed by atoms with E-state index in [4.69, 9.17) is 5.73 Å². The second kappa shape index (κ2) is 6.46. The molecule has 1 heterocycles. The molecule has 0 aromatic rings. The smallest absolute Gasteiger partial charge is 0.0223 e. The maximum absolute atomic E-state index is 5.85. The Kier molecular flexibility index (Phi) is 5.58. The minimum atomic E-state index is 0.575. The van der Waals surface area contributed by atoms with Crippen molar-refractivity contribution in [3.8, 4) is 0 Å². The maximum Gasteiger partial charge on any atom is 0.0223 e. The Balaban J connectivity index is 2.45. The molecule has 1 rings (SSSR count). The summed E-state index contributed by atoms with van der Waals surface area (Å²) in [6.07, 6.45) is 5.12. The predicted molar refractivity (Wildman–Crippen MR) is 66.0 cm³/mol. The summed E-state index contributed by atoms with van der Waals surface area (Å²) in [7, 11) is 4.47. The lowest BCUT2D eigenvalue weighted by Crippen LogP contribution is -2.50. The molecule has 1 saturated heterocycles. The summed E-state index contributed by atoms with van der Waals surface area (Å²) in [5.41, 5.74) is 5.85. The summed E-state index contributed by atoms with van der Waals surface area (Å²) in [6, 6.07) is 1.29. The van der Waals surface area contributed by atoms with Crippen LogP contribution in [-0.2, 0) is 0 Å². The molecule has 15 heavy (non-hydrogen) atoms. The number of nitrogens with two attached hydrogens (primary N) is 1. The second-order valence-corrected chi connectivity index (χ2v) is 4.90. The van der Waals surface area contributed by atoms with E-state index in [0.717, 1.165) is 6.54 Å². The number of nitrogens with zero attached hydrogens (tertiary/aromatic N) is 2. The lowest BCUT2D eigenvalue weighted by Gasteiger charge is -2.39. The van der Waals surface area contributed by atoms with Crippen molar-refractivity contribution >= 4 is 0 Å². The Hall–Kier alpha value is -0.120. The third kappa shape index (κ3) is 3.74. The number of hydrogen-bond acceptors (Lipinski definition) is 3. The molecule has 3 heteroatoms. The SMILES string of the molecule is CCCC(CN)N(C)C1CCCN(C)C1. The highest BCUT2D eigenvalue weighted by atomic mass is 15.2. The Morgan fingerprint density at radius 2 is 2.27 bits per heavy atom. The number of likely N-dealkylation sites (tertiary alicyclic amines) is 1. The molecule has 2 N–H and O–H groups in total. The molecule has 0 bridgehead atoms. The highest BCUT2D eigenvalue weighted by molar-refractivity contribution is 4.82. The fourth-order valence-electron chi connectivity index (χ4n) is 2.59. The van der Waals surface area contributed by atoms with Crippen LogP contribution in [-0.4, -0.2) is 55.6 Å². The van der Waals surface area contributed by atoms with E-state index in [1.807, 2.05) is 0 Å². The standard InChI is InChI=1S/C12H27N3/c1-4-6-11(9-13)15(3)12-7-5-8-14(2)10-12/h11-12H,4-10,13H2,1-3H3. The number of likely N-dealkylation sites (N-methyl/N-ethyl adjacent to an activating group) is 2. The summed E-state index contributed by atoms with van der Waals surface area (Å²) in [5, 5.41) is 0. The van der Waals surface area contributed by atoms with Gasteiger partial charge < -0.3 is 10.6 Å². The van der Waals surface area contributed by atoms with Crippen molar-refractivity contribution in [1.82, 2.24) is 9.80 Å². The summed E-state index contributed by atoms with van der Waals surface area (Å²) in [4.78, 5) is 4.95. The molecule has 1 aliphatic rings. The van der Waals surface area contributed by atoms with Crippen molar-refractivity contribution in [2.75, 3.05) is 33.7 Å². The predicted octanol–water partition coefficient (Wildman–Crippen LogP) is 1.14. The Morgan fingerprint density at radius 3 is 2.80 bits per heavy atom. The molecule has 0 aliphatic carbocycles. The maximum atomic E-state index is 5.85. The van der Waals surface area contributed by atoms with Gasteiger partial charge in [0.25, 0.3) is 0 Å². The van der Waals surface area contributed by atoms with Gasteiger partial charge in [0.1, 0.15) is 0 Å². The van der Waals surface area contributed by atoms with Crippen LogP contribution < -0.4 is 5.73 Å². The molecule has 3 nitrogen and oxygen atoms in total. The first-order valence-electron chi connectivity index (χ1n) is 6.29. The molecule has 0 amide bonds. The fraction of sp³-hybridized carbons (Fsp3) is 1.00.